The highest BCUT2D eigenvalue weighted by Crippen LogP contribution is 2.09. The Hall–Kier alpha value is -0.710. The van der Waals surface area contributed by atoms with Crippen LogP contribution in [-0.4, -0.2) is 48.9 Å². The van der Waals surface area contributed by atoms with Crippen LogP contribution in [-0.2, 0) is 11.3 Å². The number of hydrogen-bond acceptors (Lipinski definition) is 2. The lowest BCUT2D eigenvalue weighted by Gasteiger charge is -2.37. The third kappa shape index (κ3) is 3.91. The lowest BCUT2D eigenvalue weighted by Crippen LogP contribution is -2.52. The maximum Gasteiger partial charge on any atom is 0.102 e. The van der Waals surface area contributed by atoms with Gasteiger partial charge in [0.15, 0.2) is 0 Å². The van der Waals surface area contributed by atoms with Crippen molar-refractivity contribution in [1.29, 1.82) is 0 Å². The Bertz CT molecular complexity index is 390. The highest BCUT2D eigenvalue weighted by molar-refractivity contribution is 7.71. The van der Waals surface area contributed by atoms with Crippen molar-refractivity contribution in [1.82, 2.24) is 4.57 Å². The van der Waals surface area contributed by atoms with Gasteiger partial charge in [0.25, 0.3) is 0 Å². The quantitative estimate of drug-likeness (QED) is 0.602. The van der Waals surface area contributed by atoms with Gasteiger partial charge in [0.05, 0.1) is 26.8 Å². The number of ether oxygens (including phenoxy) is 1. The van der Waals surface area contributed by atoms with E-state index in [0.717, 1.165) is 41.8 Å². The predicted molar refractivity (Wildman–Crippen MR) is 71.5 cm³/mol. The first-order chi connectivity index (χ1) is 8.18. The van der Waals surface area contributed by atoms with E-state index < -0.39 is 0 Å². The van der Waals surface area contributed by atoms with E-state index in [-0.39, 0.29) is 0 Å². The fraction of sp³-hybridized carbons (Fsp3) is 0.615. The highest BCUT2D eigenvalue weighted by Gasteiger charge is 2.24. The van der Waals surface area contributed by atoms with Gasteiger partial charge in [-0.25, -0.2) is 0 Å². The Labute approximate surface area is 108 Å². The van der Waals surface area contributed by atoms with Gasteiger partial charge >= 0.3 is 0 Å². The van der Waals surface area contributed by atoms with Gasteiger partial charge in [-0.1, -0.05) is 12.2 Å². The summed E-state index contributed by atoms with van der Waals surface area (Å²) in [6.45, 7) is 6.42. The van der Waals surface area contributed by atoms with E-state index in [1.807, 2.05) is 12.1 Å². The van der Waals surface area contributed by atoms with Crippen LogP contribution in [0.1, 0.15) is 6.42 Å². The predicted octanol–water partition coefficient (Wildman–Crippen LogP) is 2.08. The summed E-state index contributed by atoms with van der Waals surface area (Å²) >= 11 is 5.07. The van der Waals surface area contributed by atoms with Crippen molar-refractivity contribution in [3.63, 3.8) is 0 Å². The molecule has 0 radical (unpaired) electrons. The number of hydrogen-bond donors (Lipinski definition) is 0. The topological polar surface area (TPSA) is 14.2 Å². The number of likely N-dealkylation sites (N-methyl/N-ethyl adjacent to an activating group) is 1. The summed E-state index contributed by atoms with van der Waals surface area (Å²) in [6, 6.07) is 3.97. The average molecular weight is 253 g/mol. The molecular weight excluding hydrogens is 232 g/mol. The molecule has 0 amide bonds. The van der Waals surface area contributed by atoms with Crippen molar-refractivity contribution in [2.45, 2.75) is 13.0 Å². The van der Waals surface area contributed by atoms with Gasteiger partial charge in [-0.3, -0.25) is 0 Å². The number of aromatic nitrogens is 1. The summed E-state index contributed by atoms with van der Waals surface area (Å²) in [5.74, 6) is 0. The molecule has 0 aliphatic carbocycles. The molecule has 1 aromatic heterocycles. The molecule has 0 bridgehead atoms. The van der Waals surface area contributed by atoms with Crippen LogP contribution in [0.15, 0.2) is 24.5 Å². The molecule has 17 heavy (non-hydrogen) atoms. The minimum absolute atomic E-state index is 0.911. The normalized spacial score (nSPS) is 19.1. The standard InChI is InChI=1S/C13H21N2OS/c1-15(9-11-16-12-10-15)8-2-5-14-6-3-13(17)4-7-14/h3-4,6-7H,2,5,8-12H2,1H3/q+1. The van der Waals surface area contributed by atoms with E-state index in [0.29, 0.717) is 0 Å². The van der Waals surface area contributed by atoms with Crippen LogP contribution in [0.3, 0.4) is 0 Å². The molecule has 0 saturated carbocycles. The first-order valence-electron chi connectivity index (χ1n) is 6.25. The van der Waals surface area contributed by atoms with E-state index in [1.165, 1.54) is 13.0 Å². The minimum Gasteiger partial charge on any atom is -0.370 e. The van der Waals surface area contributed by atoms with E-state index in [2.05, 4.69) is 24.0 Å². The van der Waals surface area contributed by atoms with Crippen LogP contribution < -0.4 is 0 Å². The molecule has 0 aromatic carbocycles. The fourth-order valence-corrected chi connectivity index (χ4v) is 2.36. The molecule has 1 aliphatic rings. The molecule has 4 heteroatoms. The van der Waals surface area contributed by atoms with E-state index >= 15 is 0 Å². The molecule has 94 valence electrons. The number of pyridine rings is 1. The van der Waals surface area contributed by atoms with Crippen LogP contribution in [0.2, 0.25) is 0 Å². The zero-order valence-electron chi connectivity index (χ0n) is 10.5. The van der Waals surface area contributed by atoms with Crippen LogP contribution in [0.4, 0.5) is 0 Å². The first-order valence-corrected chi connectivity index (χ1v) is 6.66. The monoisotopic (exact) mass is 253 g/mol. The molecule has 1 saturated heterocycles. The van der Waals surface area contributed by atoms with Crippen molar-refractivity contribution in [2.75, 3.05) is 39.9 Å². The van der Waals surface area contributed by atoms with Gasteiger partial charge in [-0.2, -0.15) is 0 Å². The SMILES string of the molecule is C[N+]1(CCCn2ccc(=S)cc2)CCOCC1. The minimum atomic E-state index is 0.911. The molecule has 3 nitrogen and oxygen atoms in total. The molecule has 0 atom stereocenters. The van der Waals surface area contributed by atoms with Gasteiger partial charge in [-0.05, 0) is 12.1 Å². The second-order valence-electron chi connectivity index (χ2n) is 5.03. The average Bonchev–Trinajstić information content (AvgIpc) is 2.32. The summed E-state index contributed by atoms with van der Waals surface area (Å²) in [4.78, 5) is 0. The largest absolute Gasteiger partial charge is 0.370 e. The number of nitrogens with zero attached hydrogens (tertiary/aromatic N) is 2. The van der Waals surface area contributed by atoms with Crippen molar-refractivity contribution in [3.05, 3.63) is 29.0 Å². The Kier molecular flexibility index (Phi) is 4.31. The molecule has 0 spiro atoms. The first kappa shape index (κ1) is 12.7. The maximum atomic E-state index is 5.41. The van der Waals surface area contributed by atoms with Crippen LogP contribution >= 0.6 is 12.2 Å². The third-order valence-electron chi connectivity index (χ3n) is 3.53. The number of aryl methyl sites for hydroxylation is 1. The summed E-state index contributed by atoms with van der Waals surface area (Å²) < 4.78 is 9.68. The third-order valence-corrected chi connectivity index (χ3v) is 3.80. The fourth-order valence-electron chi connectivity index (χ4n) is 2.24. The van der Waals surface area contributed by atoms with Gasteiger partial charge in [0.2, 0.25) is 0 Å². The van der Waals surface area contributed by atoms with Gasteiger partial charge in [-0.15, -0.1) is 0 Å². The number of morpholine rings is 1. The summed E-state index contributed by atoms with van der Waals surface area (Å²) in [5, 5.41) is 0. The van der Waals surface area contributed by atoms with E-state index in [9.17, 15) is 0 Å². The number of quaternary nitrogens is 1. The Morgan fingerprint density at radius 2 is 1.94 bits per heavy atom. The van der Waals surface area contributed by atoms with Crippen LogP contribution in [0.25, 0.3) is 0 Å². The highest BCUT2D eigenvalue weighted by atomic mass is 32.1. The second kappa shape index (κ2) is 5.76. The lowest BCUT2D eigenvalue weighted by atomic mass is 10.3. The Morgan fingerprint density at radius 3 is 2.59 bits per heavy atom. The summed E-state index contributed by atoms with van der Waals surface area (Å²) in [5.41, 5.74) is 0. The summed E-state index contributed by atoms with van der Waals surface area (Å²) in [6.07, 6.45) is 5.35. The molecular formula is C13H21N2OS+. The Balaban J connectivity index is 1.78. The van der Waals surface area contributed by atoms with Crippen LogP contribution in [0.5, 0.6) is 0 Å². The Morgan fingerprint density at radius 1 is 1.29 bits per heavy atom. The molecule has 1 aromatic rings. The molecule has 2 heterocycles. The smallest absolute Gasteiger partial charge is 0.102 e. The molecule has 1 fully saturated rings. The van der Waals surface area contributed by atoms with E-state index in [1.54, 1.807) is 0 Å². The van der Waals surface area contributed by atoms with Gasteiger partial charge in [0, 0.05) is 29.9 Å². The molecule has 1 aliphatic heterocycles. The van der Waals surface area contributed by atoms with Crippen molar-refractivity contribution in [2.24, 2.45) is 0 Å². The van der Waals surface area contributed by atoms with Crippen molar-refractivity contribution in [3.8, 4) is 0 Å². The zero-order chi connectivity index (χ0) is 12.1. The molecule has 0 unspecified atom stereocenters. The summed E-state index contributed by atoms with van der Waals surface area (Å²) in [7, 11) is 2.33. The second-order valence-corrected chi connectivity index (χ2v) is 5.50. The van der Waals surface area contributed by atoms with Crippen molar-refractivity contribution < 1.29 is 9.22 Å². The molecule has 0 N–H and O–H groups in total. The van der Waals surface area contributed by atoms with Gasteiger partial charge < -0.3 is 13.8 Å². The van der Waals surface area contributed by atoms with Gasteiger partial charge in [0.1, 0.15) is 13.1 Å². The zero-order valence-corrected chi connectivity index (χ0v) is 11.3. The van der Waals surface area contributed by atoms with Crippen molar-refractivity contribution >= 4 is 12.2 Å². The van der Waals surface area contributed by atoms with E-state index in [4.69, 9.17) is 17.0 Å². The molecule has 2 rings (SSSR count). The maximum absolute atomic E-state index is 5.41. The number of rotatable bonds is 4. The lowest BCUT2D eigenvalue weighted by molar-refractivity contribution is -0.917. The van der Waals surface area contributed by atoms with Crippen LogP contribution in [0, 0.1) is 4.51 Å².